The number of para-hydroxylation sites is 1. The summed E-state index contributed by atoms with van der Waals surface area (Å²) in [6, 6.07) is 13.9. The summed E-state index contributed by atoms with van der Waals surface area (Å²) in [5.74, 6) is 0.906. The van der Waals surface area contributed by atoms with Crippen LogP contribution in [0.25, 0.3) is 11.3 Å². The fourth-order valence-electron chi connectivity index (χ4n) is 2.61. The van der Waals surface area contributed by atoms with Crippen molar-refractivity contribution in [3.05, 3.63) is 66.6 Å². The van der Waals surface area contributed by atoms with Gasteiger partial charge in [0, 0.05) is 49.9 Å². The van der Waals surface area contributed by atoms with Crippen molar-refractivity contribution in [2.45, 2.75) is 6.54 Å². The summed E-state index contributed by atoms with van der Waals surface area (Å²) in [6.07, 6.45) is 5.69. The van der Waals surface area contributed by atoms with E-state index in [0.717, 1.165) is 30.1 Å². The maximum atomic E-state index is 5.76. The van der Waals surface area contributed by atoms with Crippen molar-refractivity contribution in [2.75, 3.05) is 20.2 Å². The van der Waals surface area contributed by atoms with Gasteiger partial charge in [0.1, 0.15) is 12.4 Å². The summed E-state index contributed by atoms with van der Waals surface area (Å²) in [5.41, 5.74) is 3.22. The molecule has 0 radical (unpaired) electrons. The summed E-state index contributed by atoms with van der Waals surface area (Å²) in [4.78, 5) is 6.43. The van der Waals surface area contributed by atoms with Crippen molar-refractivity contribution < 1.29 is 4.74 Å². The average Bonchev–Trinajstić information content (AvgIpc) is 2.97. The maximum absolute atomic E-state index is 5.76. The molecule has 0 unspecified atom stereocenters. The minimum atomic E-state index is 0.656. The molecule has 0 aliphatic rings. The number of likely N-dealkylation sites (N-methyl/N-ethyl adjacent to an activating group) is 1. The molecule has 0 amide bonds. The number of aromatic nitrogens is 3. The van der Waals surface area contributed by atoms with Gasteiger partial charge in [0.2, 0.25) is 0 Å². The van der Waals surface area contributed by atoms with Gasteiger partial charge >= 0.3 is 0 Å². The topological polar surface area (TPSA) is 43.2 Å². The lowest BCUT2D eigenvalue weighted by atomic mass is 10.1. The molecule has 3 rings (SSSR count). The Bertz CT molecular complexity index is 756. The molecule has 0 saturated carbocycles. The molecule has 0 bridgehead atoms. The minimum absolute atomic E-state index is 0.656. The van der Waals surface area contributed by atoms with Crippen LogP contribution in [0.1, 0.15) is 5.56 Å². The molecule has 0 N–H and O–H groups in total. The first-order valence-electron chi connectivity index (χ1n) is 8.01. The zero-order chi connectivity index (χ0) is 16.8. The van der Waals surface area contributed by atoms with Gasteiger partial charge < -0.3 is 4.74 Å². The third-order valence-corrected chi connectivity index (χ3v) is 3.76. The Kier molecular flexibility index (Phi) is 5.23. The van der Waals surface area contributed by atoms with Gasteiger partial charge in [-0.05, 0) is 31.3 Å². The molecule has 24 heavy (non-hydrogen) atoms. The van der Waals surface area contributed by atoms with E-state index in [2.05, 4.69) is 28.2 Å². The van der Waals surface area contributed by atoms with Crippen LogP contribution >= 0.6 is 0 Å². The van der Waals surface area contributed by atoms with Crippen LogP contribution in [0.5, 0.6) is 5.75 Å². The number of pyridine rings is 1. The highest BCUT2D eigenvalue weighted by atomic mass is 16.5. The molecule has 0 spiro atoms. The number of rotatable bonds is 7. The van der Waals surface area contributed by atoms with Crippen molar-refractivity contribution in [2.24, 2.45) is 7.05 Å². The summed E-state index contributed by atoms with van der Waals surface area (Å²) >= 11 is 0. The van der Waals surface area contributed by atoms with Gasteiger partial charge in [0.15, 0.2) is 0 Å². The molecular weight excluding hydrogens is 300 g/mol. The van der Waals surface area contributed by atoms with Crippen LogP contribution in [-0.2, 0) is 13.6 Å². The first kappa shape index (κ1) is 16.2. The Labute approximate surface area is 142 Å². The Hall–Kier alpha value is -2.66. The third kappa shape index (κ3) is 4.20. The van der Waals surface area contributed by atoms with E-state index in [1.165, 1.54) is 5.56 Å². The van der Waals surface area contributed by atoms with Crippen LogP contribution in [0.3, 0.4) is 0 Å². The number of nitrogens with zero attached hydrogens (tertiary/aromatic N) is 4. The number of ether oxygens (including phenoxy) is 1. The third-order valence-electron chi connectivity index (χ3n) is 3.76. The van der Waals surface area contributed by atoms with E-state index < -0.39 is 0 Å². The van der Waals surface area contributed by atoms with Crippen LogP contribution in [0.4, 0.5) is 0 Å². The number of benzene rings is 1. The predicted molar refractivity (Wildman–Crippen MR) is 94.7 cm³/mol. The summed E-state index contributed by atoms with van der Waals surface area (Å²) in [7, 11) is 4.04. The molecule has 0 fully saturated rings. The molecule has 0 aliphatic carbocycles. The van der Waals surface area contributed by atoms with Gasteiger partial charge in [-0.15, -0.1) is 0 Å². The van der Waals surface area contributed by atoms with Crippen LogP contribution in [0.15, 0.2) is 61.1 Å². The van der Waals surface area contributed by atoms with E-state index in [0.29, 0.717) is 6.61 Å². The molecule has 2 heterocycles. The molecule has 5 nitrogen and oxygen atoms in total. The second kappa shape index (κ2) is 7.75. The number of aryl methyl sites for hydroxylation is 1. The molecule has 2 aromatic heterocycles. The highest BCUT2D eigenvalue weighted by molar-refractivity contribution is 5.61. The Balaban J connectivity index is 1.59. The lowest BCUT2D eigenvalue weighted by Gasteiger charge is -2.17. The van der Waals surface area contributed by atoms with E-state index in [1.807, 2.05) is 60.4 Å². The molecule has 5 heteroatoms. The first-order chi connectivity index (χ1) is 11.7. The SMILES string of the molecule is CN(CCOc1ccccc1)Cc1cn(C)nc1-c1cccnc1. The highest BCUT2D eigenvalue weighted by Gasteiger charge is 2.12. The number of hydrogen-bond acceptors (Lipinski definition) is 4. The minimum Gasteiger partial charge on any atom is -0.492 e. The summed E-state index contributed by atoms with van der Waals surface area (Å²) < 4.78 is 7.62. The first-order valence-corrected chi connectivity index (χ1v) is 8.01. The van der Waals surface area contributed by atoms with E-state index in [1.54, 1.807) is 6.20 Å². The van der Waals surface area contributed by atoms with Crippen molar-refractivity contribution >= 4 is 0 Å². The van der Waals surface area contributed by atoms with E-state index >= 15 is 0 Å². The largest absolute Gasteiger partial charge is 0.492 e. The molecule has 124 valence electrons. The van der Waals surface area contributed by atoms with Crippen LogP contribution in [0.2, 0.25) is 0 Å². The quantitative estimate of drug-likeness (QED) is 0.671. The summed E-state index contributed by atoms with van der Waals surface area (Å²) in [6.45, 7) is 2.31. The zero-order valence-corrected chi connectivity index (χ0v) is 14.1. The van der Waals surface area contributed by atoms with Gasteiger partial charge in [0.25, 0.3) is 0 Å². The second-order valence-corrected chi connectivity index (χ2v) is 5.82. The normalized spacial score (nSPS) is 11.0. The maximum Gasteiger partial charge on any atom is 0.119 e. The Morgan fingerprint density at radius 2 is 1.96 bits per heavy atom. The zero-order valence-electron chi connectivity index (χ0n) is 14.1. The lowest BCUT2D eigenvalue weighted by molar-refractivity contribution is 0.233. The second-order valence-electron chi connectivity index (χ2n) is 5.82. The van der Waals surface area contributed by atoms with Gasteiger partial charge in [-0.25, -0.2) is 0 Å². The smallest absolute Gasteiger partial charge is 0.119 e. The standard InChI is InChI=1S/C19H22N4O/c1-22(11-12-24-18-8-4-3-5-9-18)14-17-15-23(2)21-19(17)16-7-6-10-20-13-16/h3-10,13,15H,11-12,14H2,1-2H3. The van der Waals surface area contributed by atoms with Crippen molar-refractivity contribution in [3.63, 3.8) is 0 Å². The van der Waals surface area contributed by atoms with E-state index in [4.69, 9.17) is 4.74 Å². The fraction of sp³-hybridized carbons (Fsp3) is 0.263. The Morgan fingerprint density at radius 1 is 1.12 bits per heavy atom. The predicted octanol–water partition coefficient (Wildman–Crippen LogP) is 2.99. The van der Waals surface area contributed by atoms with Crippen molar-refractivity contribution in [1.82, 2.24) is 19.7 Å². The van der Waals surface area contributed by atoms with Gasteiger partial charge in [-0.2, -0.15) is 5.10 Å². The van der Waals surface area contributed by atoms with Crippen LogP contribution in [0, 0.1) is 0 Å². The monoisotopic (exact) mass is 322 g/mol. The van der Waals surface area contributed by atoms with Crippen LogP contribution in [-0.4, -0.2) is 39.9 Å². The van der Waals surface area contributed by atoms with E-state index in [9.17, 15) is 0 Å². The van der Waals surface area contributed by atoms with Gasteiger partial charge in [-0.3, -0.25) is 14.6 Å². The molecule has 0 atom stereocenters. The molecule has 1 aromatic carbocycles. The van der Waals surface area contributed by atoms with Crippen molar-refractivity contribution in [1.29, 1.82) is 0 Å². The highest BCUT2D eigenvalue weighted by Crippen LogP contribution is 2.21. The van der Waals surface area contributed by atoms with E-state index in [-0.39, 0.29) is 0 Å². The molecule has 0 aliphatic heterocycles. The van der Waals surface area contributed by atoms with Crippen LogP contribution < -0.4 is 4.74 Å². The van der Waals surface area contributed by atoms with Crippen molar-refractivity contribution in [3.8, 4) is 17.0 Å². The lowest BCUT2D eigenvalue weighted by Crippen LogP contribution is -2.24. The average molecular weight is 322 g/mol. The molecular formula is C19H22N4O. The van der Waals surface area contributed by atoms with Gasteiger partial charge in [-0.1, -0.05) is 18.2 Å². The van der Waals surface area contributed by atoms with Gasteiger partial charge in [0.05, 0.1) is 5.69 Å². The number of hydrogen-bond donors (Lipinski definition) is 0. The Morgan fingerprint density at radius 3 is 2.71 bits per heavy atom. The molecule has 3 aromatic rings. The summed E-state index contributed by atoms with van der Waals surface area (Å²) in [5, 5.41) is 4.58. The fourth-order valence-corrected chi connectivity index (χ4v) is 2.61. The molecule has 0 saturated heterocycles.